The van der Waals surface area contributed by atoms with E-state index in [-0.39, 0.29) is 12.2 Å². The van der Waals surface area contributed by atoms with E-state index in [1.54, 1.807) is 6.07 Å². The van der Waals surface area contributed by atoms with Crippen LogP contribution >= 0.6 is 0 Å². The van der Waals surface area contributed by atoms with Gasteiger partial charge >= 0.3 is 5.97 Å². The summed E-state index contributed by atoms with van der Waals surface area (Å²) < 4.78 is 20.3. The SMILES string of the molecule is O=C(O)CCCc1ccc2oc(-c3cc(F)ccc3-c3ccc4c(c3)CNC4)cc2c1. The molecule has 1 aliphatic rings. The van der Waals surface area contributed by atoms with Crippen molar-refractivity contribution < 1.29 is 18.7 Å². The summed E-state index contributed by atoms with van der Waals surface area (Å²) in [6.07, 6.45) is 1.43. The number of fused-ring (bicyclic) bond motifs is 2. The van der Waals surface area contributed by atoms with Gasteiger partial charge in [0.1, 0.15) is 17.2 Å². The number of hydrogen-bond donors (Lipinski definition) is 2. The fourth-order valence-corrected chi connectivity index (χ4v) is 4.26. The molecule has 1 aromatic heterocycles. The molecule has 4 aromatic rings. The minimum Gasteiger partial charge on any atom is -0.481 e. The van der Waals surface area contributed by atoms with Crippen LogP contribution < -0.4 is 5.32 Å². The number of furan rings is 1. The van der Waals surface area contributed by atoms with Gasteiger partial charge in [-0.15, -0.1) is 0 Å². The lowest BCUT2D eigenvalue weighted by molar-refractivity contribution is -0.137. The topological polar surface area (TPSA) is 62.5 Å². The van der Waals surface area contributed by atoms with Gasteiger partial charge in [0.05, 0.1) is 0 Å². The Morgan fingerprint density at radius 3 is 2.71 bits per heavy atom. The molecule has 156 valence electrons. The fraction of sp³-hybridized carbons (Fsp3) is 0.192. The molecule has 1 aliphatic heterocycles. The zero-order valence-electron chi connectivity index (χ0n) is 17.0. The number of halogens is 1. The van der Waals surface area contributed by atoms with Crippen LogP contribution in [0, 0.1) is 5.82 Å². The van der Waals surface area contributed by atoms with E-state index >= 15 is 0 Å². The van der Waals surface area contributed by atoms with Gasteiger partial charge in [-0.3, -0.25) is 4.79 Å². The Hall–Kier alpha value is -3.44. The van der Waals surface area contributed by atoms with Gasteiger partial charge in [-0.05, 0) is 77.1 Å². The predicted molar refractivity (Wildman–Crippen MR) is 118 cm³/mol. The highest BCUT2D eigenvalue weighted by molar-refractivity contribution is 5.88. The predicted octanol–water partition coefficient (Wildman–Crippen LogP) is 5.92. The van der Waals surface area contributed by atoms with Gasteiger partial charge in [-0.2, -0.15) is 0 Å². The molecule has 5 rings (SSSR count). The monoisotopic (exact) mass is 415 g/mol. The van der Waals surface area contributed by atoms with Crippen molar-refractivity contribution in [2.75, 3.05) is 0 Å². The molecule has 2 heterocycles. The van der Waals surface area contributed by atoms with Gasteiger partial charge in [0.25, 0.3) is 0 Å². The number of benzene rings is 3. The van der Waals surface area contributed by atoms with E-state index in [1.807, 2.05) is 24.3 Å². The van der Waals surface area contributed by atoms with Crippen LogP contribution in [0.2, 0.25) is 0 Å². The Morgan fingerprint density at radius 1 is 0.968 bits per heavy atom. The van der Waals surface area contributed by atoms with Crippen LogP contribution in [-0.4, -0.2) is 11.1 Å². The lowest BCUT2D eigenvalue weighted by atomic mass is 9.95. The highest BCUT2D eigenvalue weighted by Crippen LogP contribution is 2.37. The Balaban J connectivity index is 1.52. The van der Waals surface area contributed by atoms with Crippen molar-refractivity contribution in [2.24, 2.45) is 0 Å². The molecule has 0 fully saturated rings. The maximum absolute atomic E-state index is 14.2. The molecule has 0 atom stereocenters. The molecule has 3 aromatic carbocycles. The number of hydrogen-bond acceptors (Lipinski definition) is 3. The number of carboxylic acids is 1. The molecule has 0 aliphatic carbocycles. The largest absolute Gasteiger partial charge is 0.481 e. The minimum absolute atomic E-state index is 0.150. The number of aryl methyl sites for hydroxylation is 1. The average Bonchev–Trinajstić information content (AvgIpc) is 3.39. The summed E-state index contributed by atoms with van der Waals surface area (Å²) in [4.78, 5) is 10.8. The molecule has 2 N–H and O–H groups in total. The number of rotatable bonds is 6. The van der Waals surface area contributed by atoms with Crippen molar-refractivity contribution in [2.45, 2.75) is 32.4 Å². The molecule has 0 saturated heterocycles. The van der Waals surface area contributed by atoms with E-state index in [9.17, 15) is 9.18 Å². The van der Waals surface area contributed by atoms with Gasteiger partial charge in [0.15, 0.2) is 0 Å². The normalized spacial score (nSPS) is 12.9. The van der Waals surface area contributed by atoms with Gasteiger partial charge in [0, 0.05) is 30.5 Å². The summed E-state index contributed by atoms with van der Waals surface area (Å²) >= 11 is 0. The van der Waals surface area contributed by atoms with E-state index in [4.69, 9.17) is 9.52 Å². The van der Waals surface area contributed by atoms with Crippen LogP contribution in [0.25, 0.3) is 33.4 Å². The molecule has 5 heteroatoms. The first-order valence-electron chi connectivity index (χ1n) is 10.4. The molecule has 0 saturated carbocycles. The second kappa shape index (κ2) is 8.00. The Bertz CT molecular complexity index is 1290. The van der Waals surface area contributed by atoms with E-state index in [0.29, 0.717) is 18.6 Å². The summed E-state index contributed by atoms with van der Waals surface area (Å²) in [6.45, 7) is 1.72. The van der Waals surface area contributed by atoms with E-state index in [1.165, 1.54) is 23.3 Å². The summed E-state index contributed by atoms with van der Waals surface area (Å²) in [5.74, 6) is -0.477. The van der Waals surface area contributed by atoms with Crippen molar-refractivity contribution in [1.29, 1.82) is 0 Å². The molecule has 0 unspecified atom stereocenters. The van der Waals surface area contributed by atoms with Gasteiger partial charge in [-0.1, -0.05) is 24.3 Å². The van der Waals surface area contributed by atoms with Crippen LogP contribution in [0.1, 0.15) is 29.5 Å². The van der Waals surface area contributed by atoms with Crippen LogP contribution in [-0.2, 0) is 24.3 Å². The molecule has 4 nitrogen and oxygen atoms in total. The van der Waals surface area contributed by atoms with Gasteiger partial charge < -0.3 is 14.8 Å². The number of aliphatic carboxylic acids is 1. The van der Waals surface area contributed by atoms with Crippen molar-refractivity contribution >= 4 is 16.9 Å². The number of carbonyl (C=O) groups is 1. The zero-order chi connectivity index (χ0) is 21.4. The lowest BCUT2D eigenvalue weighted by Crippen LogP contribution is -1.99. The molecule has 0 spiro atoms. The fourth-order valence-electron chi connectivity index (χ4n) is 4.26. The quantitative estimate of drug-likeness (QED) is 0.411. The highest BCUT2D eigenvalue weighted by Gasteiger charge is 2.16. The highest BCUT2D eigenvalue weighted by atomic mass is 19.1. The van der Waals surface area contributed by atoms with E-state index < -0.39 is 5.97 Å². The van der Waals surface area contributed by atoms with Crippen LogP contribution in [0.4, 0.5) is 4.39 Å². The van der Waals surface area contributed by atoms with E-state index in [0.717, 1.165) is 46.3 Å². The zero-order valence-corrected chi connectivity index (χ0v) is 17.0. The molecular formula is C26H22FNO3. The second-order valence-corrected chi connectivity index (χ2v) is 8.01. The molecule has 0 bridgehead atoms. The summed E-state index contributed by atoms with van der Waals surface area (Å²) in [5.41, 5.74) is 7.03. The van der Waals surface area contributed by atoms with Gasteiger partial charge in [-0.25, -0.2) is 4.39 Å². The number of nitrogens with one attached hydrogen (secondary N) is 1. The standard InChI is InChI=1S/C26H22FNO3/c27-21-7-8-22(17-5-6-18-14-28-15-20(18)11-17)23(13-21)25-12-19-10-16(2-1-3-26(29)30)4-9-24(19)31-25/h4-13,28H,1-3,14-15H2,(H,29,30). The van der Waals surface area contributed by atoms with Crippen molar-refractivity contribution in [3.63, 3.8) is 0 Å². The smallest absolute Gasteiger partial charge is 0.303 e. The third-order valence-electron chi connectivity index (χ3n) is 5.83. The minimum atomic E-state index is -0.785. The van der Waals surface area contributed by atoms with Crippen LogP contribution in [0.15, 0.2) is 65.1 Å². The summed E-state index contributed by atoms with van der Waals surface area (Å²) in [7, 11) is 0. The first kappa shape index (κ1) is 19.5. The lowest BCUT2D eigenvalue weighted by Gasteiger charge is -2.10. The third kappa shape index (κ3) is 3.97. The summed E-state index contributed by atoms with van der Waals surface area (Å²) in [6, 6.07) is 19.0. The van der Waals surface area contributed by atoms with Crippen molar-refractivity contribution in [1.82, 2.24) is 5.32 Å². The first-order chi connectivity index (χ1) is 15.1. The van der Waals surface area contributed by atoms with Gasteiger partial charge in [0.2, 0.25) is 0 Å². The second-order valence-electron chi connectivity index (χ2n) is 8.01. The first-order valence-corrected chi connectivity index (χ1v) is 10.4. The number of carboxylic acid groups (broad SMARTS) is 1. The maximum Gasteiger partial charge on any atom is 0.303 e. The molecular weight excluding hydrogens is 393 g/mol. The van der Waals surface area contributed by atoms with Crippen molar-refractivity contribution in [3.05, 3.63) is 83.2 Å². The van der Waals surface area contributed by atoms with Crippen LogP contribution in [0.3, 0.4) is 0 Å². The molecule has 31 heavy (non-hydrogen) atoms. The third-order valence-corrected chi connectivity index (χ3v) is 5.83. The average molecular weight is 415 g/mol. The summed E-state index contributed by atoms with van der Waals surface area (Å²) in [5, 5.41) is 13.1. The van der Waals surface area contributed by atoms with Crippen LogP contribution in [0.5, 0.6) is 0 Å². The Kier molecular flexibility index (Phi) is 5.04. The van der Waals surface area contributed by atoms with E-state index in [2.05, 4.69) is 23.5 Å². The maximum atomic E-state index is 14.2. The molecule has 0 radical (unpaired) electrons. The van der Waals surface area contributed by atoms with Crippen molar-refractivity contribution in [3.8, 4) is 22.5 Å². The Morgan fingerprint density at radius 2 is 1.84 bits per heavy atom. The Labute approximate surface area is 179 Å². The molecule has 0 amide bonds.